The van der Waals surface area contributed by atoms with Crippen molar-refractivity contribution in [2.45, 2.75) is 26.4 Å². The molecule has 0 bridgehead atoms. The number of anilines is 1. The van der Waals surface area contributed by atoms with Gasteiger partial charge >= 0.3 is 0 Å². The summed E-state index contributed by atoms with van der Waals surface area (Å²) in [5.74, 6) is 1.65. The van der Waals surface area contributed by atoms with Crippen LogP contribution in [0.4, 0.5) is 5.69 Å². The quantitative estimate of drug-likeness (QED) is 0.352. The topological polar surface area (TPSA) is 126 Å². The molecule has 5 aromatic rings. The summed E-state index contributed by atoms with van der Waals surface area (Å²) in [5, 5.41) is 8.08. The van der Waals surface area contributed by atoms with Gasteiger partial charge in [-0.25, -0.2) is 15.0 Å². The van der Waals surface area contributed by atoms with Crippen LogP contribution in [-0.2, 0) is 6.54 Å². The van der Waals surface area contributed by atoms with Crippen LogP contribution >= 0.6 is 13.5 Å². The van der Waals surface area contributed by atoms with Crippen molar-refractivity contribution in [3.05, 3.63) is 59.0 Å². The lowest BCUT2D eigenvalue weighted by atomic mass is 10.1. The van der Waals surface area contributed by atoms with Crippen molar-refractivity contribution in [1.29, 1.82) is 0 Å². The van der Waals surface area contributed by atoms with E-state index in [0.717, 1.165) is 5.52 Å². The third-order valence-electron chi connectivity index (χ3n) is 5.31. The number of H-pyrrole nitrogens is 2. The molecule has 4 heterocycles. The minimum Gasteiger partial charge on any atom is -0.494 e. The Labute approximate surface area is 195 Å². The number of hydrogen-bond acceptors (Lipinski definition) is 7. The van der Waals surface area contributed by atoms with E-state index in [2.05, 4.69) is 35.3 Å². The molecule has 1 aromatic carbocycles. The molecule has 11 heteroatoms. The Morgan fingerprint density at radius 3 is 2.64 bits per heavy atom. The predicted octanol–water partition coefficient (Wildman–Crippen LogP) is 3.37. The molecule has 1 atom stereocenters. The van der Waals surface area contributed by atoms with E-state index in [1.165, 1.54) is 0 Å². The largest absolute Gasteiger partial charge is 0.494 e. The molecule has 0 fully saturated rings. The molecule has 0 radical (unpaired) electrons. The number of para-hydroxylation sites is 1. The zero-order valence-electron chi connectivity index (χ0n) is 18.4. The summed E-state index contributed by atoms with van der Waals surface area (Å²) < 4.78 is 7.21. The third kappa shape index (κ3) is 3.91. The molecule has 0 amide bonds. The Balaban J connectivity index is 0.00000259. The molecule has 0 aliphatic rings. The van der Waals surface area contributed by atoms with Gasteiger partial charge in [-0.2, -0.15) is 18.6 Å². The number of nitrogens with zero attached hydrogens (tertiary/aromatic N) is 5. The first-order valence-electron chi connectivity index (χ1n) is 10.3. The second-order valence-electron chi connectivity index (χ2n) is 7.37. The average molecular weight is 465 g/mol. The molecule has 0 saturated heterocycles. The van der Waals surface area contributed by atoms with Crippen molar-refractivity contribution >= 4 is 41.2 Å². The Bertz CT molecular complexity index is 1470. The number of aromatic nitrogens is 7. The fourth-order valence-electron chi connectivity index (χ4n) is 3.75. The molecule has 170 valence electrons. The summed E-state index contributed by atoms with van der Waals surface area (Å²) in [6.45, 7) is 4.60. The van der Waals surface area contributed by atoms with Crippen LogP contribution in [0, 0.1) is 0 Å². The van der Waals surface area contributed by atoms with Crippen molar-refractivity contribution in [1.82, 2.24) is 34.7 Å². The van der Waals surface area contributed by atoms with Crippen LogP contribution < -0.4 is 15.6 Å². The van der Waals surface area contributed by atoms with E-state index in [9.17, 15) is 4.79 Å². The molecule has 0 aliphatic carbocycles. The Morgan fingerprint density at radius 1 is 1.12 bits per heavy atom. The van der Waals surface area contributed by atoms with Gasteiger partial charge in [0.05, 0.1) is 29.9 Å². The predicted molar refractivity (Wildman–Crippen MR) is 132 cm³/mol. The van der Waals surface area contributed by atoms with Crippen LogP contribution in [0.3, 0.4) is 0 Å². The lowest BCUT2D eigenvalue weighted by molar-refractivity contribution is 0.419. The highest BCUT2D eigenvalue weighted by molar-refractivity contribution is 7.59. The molecular weight excluding hydrogens is 440 g/mol. The van der Waals surface area contributed by atoms with E-state index < -0.39 is 0 Å². The summed E-state index contributed by atoms with van der Waals surface area (Å²) in [5.41, 5.74) is 3.33. The molecule has 0 saturated carbocycles. The maximum Gasteiger partial charge on any atom is 0.261 e. The Kier molecular flexibility index (Phi) is 6.05. The number of aromatic amines is 2. The molecule has 10 nitrogen and oxygen atoms in total. The second-order valence-corrected chi connectivity index (χ2v) is 7.37. The van der Waals surface area contributed by atoms with Gasteiger partial charge in [-0.15, -0.1) is 0 Å². The van der Waals surface area contributed by atoms with Crippen LogP contribution in [-0.4, -0.2) is 41.8 Å². The SMILES string of the molecule is CCn1cc2[nH]c(=O)c(-c3nc4c(OC)cccc4[nH]3)c(N[C@@H](C)c3ncccn3)c2n1.S. The molecule has 4 aromatic heterocycles. The smallest absolute Gasteiger partial charge is 0.261 e. The standard InChI is InChI=1S/C22H22N8O2.H2S/c1-4-30-11-14-18(29-30)19(25-12(2)20-23-9-6-10-24-20)16(22(31)27-14)21-26-13-7-5-8-15(32-3)17(13)28-21;/h5-12,25H,4H2,1-3H3,(H,26,28)(H,27,31);1H2/t12-;/m0./s1. The summed E-state index contributed by atoms with van der Waals surface area (Å²) in [6.07, 6.45) is 5.19. The van der Waals surface area contributed by atoms with Gasteiger partial charge in [-0.05, 0) is 32.0 Å². The zero-order chi connectivity index (χ0) is 22.2. The van der Waals surface area contributed by atoms with Gasteiger partial charge in [0.15, 0.2) is 0 Å². The number of methoxy groups -OCH3 is 1. The number of imidazole rings is 1. The molecule has 0 aliphatic heterocycles. The number of hydrogen-bond donors (Lipinski definition) is 3. The van der Waals surface area contributed by atoms with Crippen molar-refractivity contribution in [2.75, 3.05) is 12.4 Å². The van der Waals surface area contributed by atoms with Gasteiger partial charge < -0.3 is 20.0 Å². The Morgan fingerprint density at radius 2 is 1.91 bits per heavy atom. The first-order valence-corrected chi connectivity index (χ1v) is 10.3. The van der Waals surface area contributed by atoms with Gasteiger partial charge in [-0.3, -0.25) is 9.48 Å². The number of rotatable bonds is 6. The third-order valence-corrected chi connectivity index (χ3v) is 5.31. The van der Waals surface area contributed by atoms with Crippen LogP contribution in [0.15, 0.2) is 47.7 Å². The van der Waals surface area contributed by atoms with E-state index >= 15 is 0 Å². The molecule has 33 heavy (non-hydrogen) atoms. The molecule has 5 rings (SSSR count). The molecule has 0 spiro atoms. The average Bonchev–Trinajstić information content (AvgIpc) is 3.43. The summed E-state index contributed by atoms with van der Waals surface area (Å²) in [7, 11) is 1.59. The van der Waals surface area contributed by atoms with Crippen molar-refractivity contribution < 1.29 is 4.74 Å². The highest BCUT2D eigenvalue weighted by Gasteiger charge is 2.23. The first kappa shape index (κ1) is 22.3. The number of fused-ring (bicyclic) bond motifs is 2. The summed E-state index contributed by atoms with van der Waals surface area (Å²) in [6, 6.07) is 7.08. The van der Waals surface area contributed by atoms with E-state index in [0.29, 0.717) is 51.7 Å². The minimum atomic E-state index is -0.283. The van der Waals surface area contributed by atoms with Crippen molar-refractivity contribution in [2.24, 2.45) is 0 Å². The van der Waals surface area contributed by atoms with Gasteiger partial charge in [0, 0.05) is 25.1 Å². The van der Waals surface area contributed by atoms with Crippen LogP contribution in [0.2, 0.25) is 0 Å². The maximum atomic E-state index is 13.2. The van der Waals surface area contributed by atoms with Crippen molar-refractivity contribution in [3.8, 4) is 17.1 Å². The zero-order valence-corrected chi connectivity index (χ0v) is 19.4. The molecule has 0 unspecified atom stereocenters. The fourth-order valence-corrected chi connectivity index (χ4v) is 3.75. The molecular formula is C22H24N8O2S. The Hall–Kier alpha value is -3.86. The minimum absolute atomic E-state index is 0. The summed E-state index contributed by atoms with van der Waals surface area (Å²) in [4.78, 5) is 32.8. The number of aryl methyl sites for hydroxylation is 1. The van der Waals surface area contributed by atoms with Crippen LogP contribution in [0.1, 0.15) is 25.7 Å². The number of pyridine rings is 1. The highest BCUT2D eigenvalue weighted by atomic mass is 32.1. The monoisotopic (exact) mass is 464 g/mol. The molecule has 3 N–H and O–H groups in total. The highest BCUT2D eigenvalue weighted by Crippen LogP contribution is 2.33. The number of nitrogens with one attached hydrogen (secondary N) is 3. The van der Waals surface area contributed by atoms with E-state index in [4.69, 9.17) is 4.74 Å². The van der Waals surface area contributed by atoms with Gasteiger partial charge in [0.25, 0.3) is 5.56 Å². The van der Waals surface area contributed by atoms with E-state index in [1.54, 1.807) is 30.3 Å². The first-order chi connectivity index (χ1) is 15.6. The van der Waals surface area contributed by atoms with Crippen LogP contribution in [0.5, 0.6) is 5.75 Å². The van der Waals surface area contributed by atoms with E-state index in [-0.39, 0.29) is 25.1 Å². The van der Waals surface area contributed by atoms with Crippen molar-refractivity contribution in [3.63, 3.8) is 0 Å². The van der Waals surface area contributed by atoms with Crippen LogP contribution in [0.25, 0.3) is 33.5 Å². The number of ether oxygens (including phenoxy) is 1. The lowest BCUT2D eigenvalue weighted by Crippen LogP contribution is -2.17. The normalized spacial score (nSPS) is 12.0. The second kappa shape index (κ2) is 8.94. The van der Waals surface area contributed by atoms with Gasteiger partial charge in [0.2, 0.25) is 0 Å². The lowest BCUT2D eigenvalue weighted by Gasteiger charge is -2.16. The fraction of sp³-hybridized carbons (Fsp3) is 0.227. The summed E-state index contributed by atoms with van der Waals surface area (Å²) >= 11 is 0. The van der Waals surface area contributed by atoms with Gasteiger partial charge in [-0.1, -0.05) is 6.07 Å². The number of benzene rings is 1. The maximum absolute atomic E-state index is 13.2. The van der Waals surface area contributed by atoms with E-state index in [1.807, 2.05) is 38.2 Å². The van der Waals surface area contributed by atoms with Gasteiger partial charge in [0.1, 0.15) is 34.0 Å².